The summed E-state index contributed by atoms with van der Waals surface area (Å²) in [6.45, 7) is 2.18. The van der Waals surface area contributed by atoms with Gasteiger partial charge in [0, 0.05) is 22.0 Å². The summed E-state index contributed by atoms with van der Waals surface area (Å²) in [7, 11) is -3.60. The van der Waals surface area contributed by atoms with Gasteiger partial charge in [-0.3, -0.25) is 0 Å². The predicted molar refractivity (Wildman–Crippen MR) is 119 cm³/mol. The Hall–Kier alpha value is -2.00. The number of hydrogen-bond acceptors (Lipinski definition) is 6. The predicted octanol–water partition coefficient (Wildman–Crippen LogP) is 5.60. The van der Waals surface area contributed by atoms with E-state index in [4.69, 9.17) is 16.1 Å². The lowest BCUT2D eigenvalue weighted by molar-refractivity contribution is 0.433. The van der Waals surface area contributed by atoms with Crippen LogP contribution in [0.25, 0.3) is 22.2 Å². The standard InChI is InChI=1S/C21H22ClN3O3S2/c1-14-19(30(26,27)23-12-11-15-5-3-2-4-6-15)13-18(29-14)21-24-20(25-28-21)16-7-9-17(22)10-8-16/h5,7-10,13,23H,2-4,6,11-12H2,1H3. The maximum absolute atomic E-state index is 12.8. The number of rotatable bonds is 7. The topological polar surface area (TPSA) is 85.1 Å². The summed E-state index contributed by atoms with van der Waals surface area (Å²) < 4.78 is 33.7. The number of halogens is 1. The number of allylic oxidation sites excluding steroid dienone is 1. The quantitative estimate of drug-likeness (QED) is 0.461. The maximum Gasteiger partial charge on any atom is 0.268 e. The summed E-state index contributed by atoms with van der Waals surface area (Å²) in [6.07, 6.45) is 7.56. The van der Waals surface area contributed by atoms with Crippen molar-refractivity contribution in [2.24, 2.45) is 0 Å². The second-order valence-corrected chi connectivity index (χ2v) is 10.6. The summed E-state index contributed by atoms with van der Waals surface area (Å²) in [6, 6.07) is 8.71. The summed E-state index contributed by atoms with van der Waals surface area (Å²) in [5, 5.41) is 4.62. The number of thiophene rings is 1. The van der Waals surface area contributed by atoms with Gasteiger partial charge in [-0.1, -0.05) is 28.4 Å². The van der Waals surface area contributed by atoms with Crippen molar-refractivity contribution in [1.29, 1.82) is 0 Å². The molecule has 0 spiro atoms. The number of nitrogens with zero attached hydrogens (tertiary/aromatic N) is 2. The fraction of sp³-hybridized carbons (Fsp3) is 0.333. The van der Waals surface area contributed by atoms with E-state index in [1.165, 1.54) is 29.8 Å². The van der Waals surface area contributed by atoms with E-state index in [-0.39, 0.29) is 4.90 Å². The van der Waals surface area contributed by atoms with Crippen LogP contribution in [0, 0.1) is 6.92 Å². The zero-order chi connectivity index (χ0) is 21.1. The molecule has 0 amide bonds. The number of benzene rings is 1. The molecule has 4 rings (SSSR count). The Morgan fingerprint density at radius 2 is 2.03 bits per heavy atom. The van der Waals surface area contributed by atoms with Crippen LogP contribution in [0.5, 0.6) is 0 Å². The largest absolute Gasteiger partial charge is 0.333 e. The van der Waals surface area contributed by atoms with E-state index in [1.54, 1.807) is 37.3 Å². The number of hydrogen-bond donors (Lipinski definition) is 1. The highest BCUT2D eigenvalue weighted by Crippen LogP contribution is 2.33. The van der Waals surface area contributed by atoms with Crippen molar-refractivity contribution in [2.75, 3.05) is 6.54 Å². The minimum absolute atomic E-state index is 0.256. The van der Waals surface area contributed by atoms with Crippen molar-refractivity contribution in [1.82, 2.24) is 14.9 Å². The van der Waals surface area contributed by atoms with E-state index < -0.39 is 10.0 Å². The molecule has 9 heteroatoms. The van der Waals surface area contributed by atoms with Crippen LogP contribution >= 0.6 is 22.9 Å². The molecule has 3 aromatic rings. The van der Waals surface area contributed by atoms with Gasteiger partial charge in [-0.25, -0.2) is 13.1 Å². The molecule has 0 radical (unpaired) electrons. The lowest BCUT2D eigenvalue weighted by Gasteiger charge is -2.13. The molecular weight excluding hydrogens is 442 g/mol. The molecule has 2 aromatic heterocycles. The molecular formula is C21H22ClN3O3S2. The first kappa shape index (κ1) is 21.2. The van der Waals surface area contributed by atoms with E-state index in [2.05, 4.69) is 20.9 Å². The van der Waals surface area contributed by atoms with Gasteiger partial charge >= 0.3 is 0 Å². The summed E-state index contributed by atoms with van der Waals surface area (Å²) >= 11 is 7.23. The Kier molecular flexibility index (Phi) is 6.38. The van der Waals surface area contributed by atoms with Crippen LogP contribution in [0.2, 0.25) is 5.02 Å². The molecule has 0 atom stereocenters. The molecule has 1 N–H and O–H groups in total. The molecule has 1 aromatic carbocycles. The third-order valence-electron chi connectivity index (χ3n) is 5.02. The minimum atomic E-state index is -3.60. The minimum Gasteiger partial charge on any atom is -0.333 e. The molecule has 2 heterocycles. The molecule has 30 heavy (non-hydrogen) atoms. The first-order chi connectivity index (χ1) is 14.4. The van der Waals surface area contributed by atoms with Gasteiger partial charge in [0.1, 0.15) is 0 Å². The zero-order valence-electron chi connectivity index (χ0n) is 16.5. The lowest BCUT2D eigenvalue weighted by Crippen LogP contribution is -2.25. The third kappa shape index (κ3) is 4.83. The van der Waals surface area contributed by atoms with Crippen molar-refractivity contribution in [3.8, 4) is 22.2 Å². The zero-order valence-corrected chi connectivity index (χ0v) is 18.9. The molecule has 1 aliphatic rings. The molecule has 0 aliphatic heterocycles. The van der Waals surface area contributed by atoms with E-state index in [1.807, 2.05) is 0 Å². The maximum atomic E-state index is 12.8. The Labute approximate surface area is 185 Å². The SMILES string of the molecule is Cc1sc(-c2nc(-c3ccc(Cl)cc3)no2)cc1S(=O)(=O)NCCC1=CCCCC1. The van der Waals surface area contributed by atoms with E-state index in [0.717, 1.165) is 24.8 Å². The van der Waals surface area contributed by atoms with Crippen LogP contribution in [0.1, 0.15) is 37.0 Å². The Morgan fingerprint density at radius 3 is 2.77 bits per heavy atom. The van der Waals surface area contributed by atoms with Crippen molar-refractivity contribution >= 4 is 33.0 Å². The van der Waals surface area contributed by atoms with Gasteiger partial charge in [0.2, 0.25) is 15.8 Å². The molecule has 6 nitrogen and oxygen atoms in total. The first-order valence-electron chi connectivity index (χ1n) is 9.80. The van der Waals surface area contributed by atoms with Gasteiger partial charge in [0.15, 0.2) is 0 Å². The molecule has 0 unspecified atom stereocenters. The Balaban J connectivity index is 1.48. The van der Waals surface area contributed by atoms with Gasteiger partial charge in [0.05, 0.1) is 9.77 Å². The van der Waals surface area contributed by atoms with Crippen LogP contribution in [0.15, 0.2) is 51.4 Å². The number of sulfonamides is 1. The molecule has 0 bridgehead atoms. The highest BCUT2D eigenvalue weighted by atomic mass is 35.5. The van der Waals surface area contributed by atoms with E-state index in [9.17, 15) is 8.42 Å². The average molecular weight is 464 g/mol. The Morgan fingerprint density at radius 1 is 1.23 bits per heavy atom. The van der Waals surface area contributed by atoms with Gasteiger partial charge in [0.25, 0.3) is 5.89 Å². The highest BCUT2D eigenvalue weighted by molar-refractivity contribution is 7.89. The first-order valence-corrected chi connectivity index (χ1v) is 12.5. The fourth-order valence-electron chi connectivity index (χ4n) is 3.43. The monoisotopic (exact) mass is 463 g/mol. The van der Waals surface area contributed by atoms with Crippen LogP contribution in [-0.2, 0) is 10.0 Å². The second kappa shape index (κ2) is 9.01. The summed E-state index contributed by atoms with van der Waals surface area (Å²) in [4.78, 5) is 5.97. The molecule has 0 fully saturated rings. The second-order valence-electron chi connectivity index (χ2n) is 7.22. The van der Waals surface area contributed by atoms with Gasteiger partial charge in [-0.05, 0) is 69.4 Å². The molecule has 158 valence electrons. The third-order valence-corrected chi connectivity index (χ3v) is 8.03. The summed E-state index contributed by atoms with van der Waals surface area (Å²) in [5.41, 5.74) is 2.11. The fourth-order valence-corrected chi connectivity index (χ4v) is 6.10. The van der Waals surface area contributed by atoms with Crippen LogP contribution in [-0.4, -0.2) is 25.1 Å². The number of aromatic nitrogens is 2. The molecule has 0 saturated heterocycles. The van der Waals surface area contributed by atoms with Gasteiger partial charge < -0.3 is 4.52 Å². The van der Waals surface area contributed by atoms with Gasteiger partial charge in [-0.15, -0.1) is 11.3 Å². The molecule has 0 saturated carbocycles. The van der Waals surface area contributed by atoms with Gasteiger partial charge in [-0.2, -0.15) is 4.98 Å². The number of aryl methyl sites for hydroxylation is 1. The number of nitrogens with one attached hydrogen (secondary N) is 1. The van der Waals surface area contributed by atoms with E-state index in [0.29, 0.717) is 33.0 Å². The average Bonchev–Trinajstić information content (AvgIpc) is 3.36. The Bertz CT molecular complexity index is 1160. The smallest absolute Gasteiger partial charge is 0.268 e. The van der Waals surface area contributed by atoms with E-state index >= 15 is 0 Å². The van der Waals surface area contributed by atoms with Crippen LogP contribution in [0.3, 0.4) is 0 Å². The van der Waals surface area contributed by atoms with Crippen LogP contribution < -0.4 is 4.72 Å². The van der Waals surface area contributed by atoms with Crippen LogP contribution in [0.4, 0.5) is 0 Å². The normalized spacial score (nSPS) is 14.7. The van der Waals surface area contributed by atoms with Crippen molar-refractivity contribution in [3.63, 3.8) is 0 Å². The highest BCUT2D eigenvalue weighted by Gasteiger charge is 2.22. The summed E-state index contributed by atoms with van der Waals surface area (Å²) in [5.74, 6) is 0.720. The van der Waals surface area contributed by atoms with Crippen molar-refractivity contribution < 1.29 is 12.9 Å². The lowest BCUT2D eigenvalue weighted by atomic mass is 9.97. The van der Waals surface area contributed by atoms with Crippen molar-refractivity contribution in [2.45, 2.75) is 43.9 Å². The van der Waals surface area contributed by atoms with Crippen molar-refractivity contribution in [3.05, 3.63) is 51.9 Å². The molecule has 1 aliphatic carbocycles.